The maximum Gasteiger partial charge on any atom is 0.472 e. The van der Waals surface area contributed by atoms with Crippen molar-refractivity contribution in [2.45, 2.75) is 167 Å². The Hall–Kier alpha value is -2.70. The van der Waals surface area contributed by atoms with Crippen LogP contribution in [0, 0.1) is 0 Å². The molecule has 13 nitrogen and oxygen atoms in total. The molecule has 0 rings (SSSR count). The number of carbonyl (C=O) groups excluding carboxylic acids is 2. The van der Waals surface area contributed by atoms with Gasteiger partial charge in [0.2, 0.25) is 0 Å². The monoisotopic (exact) mass is 900 g/mol. The van der Waals surface area contributed by atoms with Crippen LogP contribution >= 0.6 is 15.6 Å². The Morgan fingerprint density at radius 2 is 0.902 bits per heavy atom. The van der Waals surface area contributed by atoms with E-state index >= 15 is 0 Å². The van der Waals surface area contributed by atoms with Crippen LogP contribution in [0.5, 0.6) is 0 Å². The van der Waals surface area contributed by atoms with Crippen LogP contribution in [-0.2, 0) is 41.8 Å². The van der Waals surface area contributed by atoms with Gasteiger partial charge in [0.15, 0.2) is 6.10 Å². The van der Waals surface area contributed by atoms with Crippen molar-refractivity contribution in [3.63, 3.8) is 0 Å². The lowest BCUT2D eigenvalue weighted by molar-refractivity contribution is -0.161. The first kappa shape index (κ1) is 58.3. The van der Waals surface area contributed by atoms with Crippen LogP contribution in [0.25, 0.3) is 0 Å². The van der Waals surface area contributed by atoms with Gasteiger partial charge < -0.3 is 29.3 Å². The first-order chi connectivity index (χ1) is 29.4. The van der Waals surface area contributed by atoms with E-state index in [0.29, 0.717) is 12.8 Å². The Balaban J connectivity index is 4.60. The zero-order valence-corrected chi connectivity index (χ0v) is 38.8. The topological polar surface area (TPSA) is 195 Å². The predicted octanol–water partition coefficient (Wildman–Crippen LogP) is 11.6. The number of allylic oxidation sites excluding steroid dienone is 14. The minimum Gasteiger partial charge on any atom is -0.462 e. The molecule has 61 heavy (non-hydrogen) atoms. The fraction of sp³-hybridized carbons (Fsp3) is 0.652. The Kier molecular flexibility index (Phi) is 39.5. The molecular weight excluding hydrogens is 822 g/mol. The first-order valence-corrected chi connectivity index (χ1v) is 25.3. The number of rotatable bonds is 41. The summed E-state index contributed by atoms with van der Waals surface area (Å²) in [5.74, 6) is -1.09. The fourth-order valence-corrected chi connectivity index (χ4v) is 6.56. The zero-order chi connectivity index (χ0) is 45.1. The SMILES string of the molecule is CC/C=C\C/C=C\C/C=C\C/C=C\C/C=C\CCCCCC(=O)OC[C@H](COP(=O)(O)OC[C@@H](O)COP(=O)(O)O)OC(=O)CCCCCCC/C=C\C/C=C\CCCCC. The maximum atomic E-state index is 12.7. The molecule has 0 aromatic rings. The molecule has 0 radical (unpaired) electrons. The lowest BCUT2D eigenvalue weighted by Crippen LogP contribution is -2.30. The van der Waals surface area contributed by atoms with Gasteiger partial charge in [-0.1, -0.05) is 137 Å². The number of carbonyl (C=O) groups is 2. The van der Waals surface area contributed by atoms with Crippen molar-refractivity contribution in [1.29, 1.82) is 0 Å². The third-order valence-corrected chi connectivity index (χ3v) is 10.2. The van der Waals surface area contributed by atoms with Gasteiger partial charge in [0.25, 0.3) is 0 Å². The van der Waals surface area contributed by atoms with E-state index in [-0.39, 0.29) is 12.8 Å². The van der Waals surface area contributed by atoms with E-state index in [4.69, 9.17) is 23.8 Å². The molecule has 0 fully saturated rings. The number of esters is 2. The van der Waals surface area contributed by atoms with Gasteiger partial charge in [-0.3, -0.25) is 23.2 Å². The summed E-state index contributed by atoms with van der Waals surface area (Å²) in [7, 11) is -9.70. The predicted molar refractivity (Wildman–Crippen MR) is 243 cm³/mol. The summed E-state index contributed by atoms with van der Waals surface area (Å²) >= 11 is 0. The summed E-state index contributed by atoms with van der Waals surface area (Å²) in [5, 5.41) is 9.75. The molecule has 0 aliphatic rings. The normalized spacial score (nSPS) is 14.8. The summed E-state index contributed by atoms with van der Waals surface area (Å²) in [5.41, 5.74) is 0. The molecule has 0 aliphatic heterocycles. The number of hydrogen-bond acceptors (Lipinski definition) is 10. The molecule has 0 bridgehead atoms. The maximum absolute atomic E-state index is 12.7. The van der Waals surface area contributed by atoms with Crippen molar-refractivity contribution >= 4 is 27.6 Å². The number of phosphoric acid groups is 2. The second kappa shape index (κ2) is 41.3. The molecule has 0 saturated heterocycles. The first-order valence-electron chi connectivity index (χ1n) is 22.3. The zero-order valence-electron chi connectivity index (χ0n) is 37.0. The number of hydrogen-bond donors (Lipinski definition) is 4. The molecule has 0 heterocycles. The molecule has 4 N–H and O–H groups in total. The number of ether oxygens (including phenoxy) is 2. The molecule has 0 aromatic carbocycles. The van der Waals surface area contributed by atoms with Crippen LogP contribution in [-0.4, -0.2) is 70.4 Å². The minimum absolute atomic E-state index is 0.103. The molecule has 350 valence electrons. The smallest absolute Gasteiger partial charge is 0.462 e. The van der Waals surface area contributed by atoms with Gasteiger partial charge in [-0.15, -0.1) is 0 Å². The van der Waals surface area contributed by atoms with Crippen LogP contribution in [0.3, 0.4) is 0 Å². The molecular formula is C46H78O13P2. The van der Waals surface area contributed by atoms with Crippen molar-refractivity contribution in [2.75, 3.05) is 26.4 Å². The highest BCUT2D eigenvalue weighted by molar-refractivity contribution is 7.47. The quantitative estimate of drug-likeness (QED) is 0.0196. The fourth-order valence-electron chi connectivity index (χ4n) is 5.40. The highest BCUT2D eigenvalue weighted by Gasteiger charge is 2.28. The lowest BCUT2D eigenvalue weighted by atomic mass is 10.1. The molecule has 0 spiro atoms. The van der Waals surface area contributed by atoms with Gasteiger partial charge in [0.05, 0.1) is 19.8 Å². The number of aliphatic hydroxyl groups is 1. The van der Waals surface area contributed by atoms with Gasteiger partial charge in [0.1, 0.15) is 12.7 Å². The second-order valence-corrected chi connectivity index (χ2v) is 17.3. The van der Waals surface area contributed by atoms with Crippen LogP contribution in [0.15, 0.2) is 85.1 Å². The third kappa shape index (κ3) is 45.1. The van der Waals surface area contributed by atoms with Crippen molar-refractivity contribution in [3.05, 3.63) is 85.1 Å². The van der Waals surface area contributed by atoms with Crippen molar-refractivity contribution < 1.29 is 61.6 Å². The van der Waals surface area contributed by atoms with Gasteiger partial charge in [-0.25, -0.2) is 9.13 Å². The van der Waals surface area contributed by atoms with E-state index in [1.807, 2.05) is 0 Å². The molecule has 0 amide bonds. The van der Waals surface area contributed by atoms with Crippen LogP contribution in [0.1, 0.15) is 155 Å². The lowest BCUT2D eigenvalue weighted by Gasteiger charge is -2.20. The van der Waals surface area contributed by atoms with Crippen molar-refractivity contribution in [2.24, 2.45) is 0 Å². The van der Waals surface area contributed by atoms with E-state index in [1.165, 1.54) is 19.3 Å². The second-order valence-electron chi connectivity index (χ2n) is 14.6. The summed E-state index contributed by atoms with van der Waals surface area (Å²) in [4.78, 5) is 52.7. The Bertz CT molecular complexity index is 1400. The van der Waals surface area contributed by atoms with E-state index < -0.39 is 66.2 Å². The van der Waals surface area contributed by atoms with Crippen LogP contribution in [0.4, 0.5) is 0 Å². The average molecular weight is 901 g/mol. The summed E-state index contributed by atoms with van der Waals surface area (Å²) in [6, 6.07) is 0. The van der Waals surface area contributed by atoms with Gasteiger partial charge >= 0.3 is 27.6 Å². The Morgan fingerprint density at radius 3 is 1.41 bits per heavy atom. The van der Waals surface area contributed by atoms with Gasteiger partial charge in [-0.2, -0.15) is 0 Å². The highest BCUT2D eigenvalue weighted by atomic mass is 31.2. The summed E-state index contributed by atoms with van der Waals surface area (Å²) in [6.07, 6.45) is 47.1. The molecule has 0 saturated carbocycles. The van der Waals surface area contributed by atoms with E-state index in [2.05, 4.69) is 108 Å². The van der Waals surface area contributed by atoms with Crippen molar-refractivity contribution in [3.8, 4) is 0 Å². The van der Waals surface area contributed by atoms with Gasteiger partial charge in [0, 0.05) is 12.8 Å². The Morgan fingerprint density at radius 1 is 0.492 bits per heavy atom. The molecule has 3 atom stereocenters. The highest BCUT2D eigenvalue weighted by Crippen LogP contribution is 2.43. The van der Waals surface area contributed by atoms with E-state index in [0.717, 1.165) is 96.3 Å². The minimum atomic E-state index is -4.87. The molecule has 0 aromatic heterocycles. The van der Waals surface area contributed by atoms with Crippen LogP contribution in [0.2, 0.25) is 0 Å². The third-order valence-electron chi connectivity index (χ3n) is 8.76. The average Bonchev–Trinajstić information content (AvgIpc) is 3.22. The van der Waals surface area contributed by atoms with E-state index in [1.54, 1.807) is 0 Å². The standard InChI is InChI=1S/C46H78O13P2/c1-3-5-7-9-11-13-15-17-19-20-21-22-24-25-27-29-31-33-35-37-45(48)55-41-44(42-58-61(53,54)57-40-43(47)39-56-60(50,51)52)59-46(49)38-36-34-32-30-28-26-23-18-16-14-12-10-8-6-4-2/h5,7,11-14,17-19,21-23,25,27,43-44,47H,3-4,6,8-10,15-16,20,24,26,28-42H2,1-2H3,(H,53,54)(H2,50,51,52)/b7-5-,13-11-,14-12-,19-17-,22-21-,23-18-,27-25-/t43-,44+/m0/s1. The van der Waals surface area contributed by atoms with Crippen LogP contribution < -0.4 is 0 Å². The Labute approximate surface area is 367 Å². The number of phosphoric ester groups is 2. The van der Waals surface area contributed by atoms with Crippen molar-refractivity contribution in [1.82, 2.24) is 0 Å². The molecule has 0 aliphatic carbocycles. The number of unbranched alkanes of at least 4 members (excludes halogenated alkanes) is 11. The summed E-state index contributed by atoms with van der Waals surface area (Å²) < 4.78 is 47.8. The largest absolute Gasteiger partial charge is 0.472 e. The van der Waals surface area contributed by atoms with Gasteiger partial charge in [-0.05, 0) is 89.9 Å². The summed E-state index contributed by atoms with van der Waals surface area (Å²) in [6.45, 7) is 1.56. The molecule has 1 unspecified atom stereocenters. The molecule has 15 heteroatoms. The number of aliphatic hydroxyl groups excluding tert-OH is 1. The van der Waals surface area contributed by atoms with E-state index in [9.17, 15) is 28.7 Å².